The van der Waals surface area contributed by atoms with Crippen LogP contribution in [-0.2, 0) is 4.74 Å². The highest BCUT2D eigenvalue weighted by molar-refractivity contribution is 5.93. The number of benzene rings is 1. The van der Waals surface area contributed by atoms with Gasteiger partial charge in [-0.25, -0.2) is 23.2 Å². The molecule has 3 aromatic rings. The molecule has 0 saturated heterocycles. The normalized spacial score (nSPS) is 10.4. The number of esters is 1. The van der Waals surface area contributed by atoms with Crippen LogP contribution < -0.4 is 0 Å². The number of ether oxygens (including phenoxy) is 1. The molecule has 0 spiro atoms. The minimum atomic E-state index is -1.09. The van der Waals surface area contributed by atoms with Crippen molar-refractivity contribution in [2.24, 2.45) is 0 Å². The van der Waals surface area contributed by atoms with Gasteiger partial charge in [0.15, 0.2) is 23.1 Å². The van der Waals surface area contributed by atoms with E-state index in [1.54, 1.807) is 25.1 Å². The van der Waals surface area contributed by atoms with Crippen LogP contribution in [0.4, 0.5) is 8.78 Å². The van der Waals surface area contributed by atoms with Crippen molar-refractivity contribution in [2.75, 3.05) is 6.61 Å². The highest BCUT2D eigenvalue weighted by Crippen LogP contribution is 2.29. The molecule has 130 valence electrons. The van der Waals surface area contributed by atoms with Gasteiger partial charge in [0, 0.05) is 11.8 Å². The lowest BCUT2D eigenvalue weighted by Crippen LogP contribution is -2.08. The Labute approximate surface area is 147 Å². The van der Waals surface area contributed by atoms with Gasteiger partial charge in [-0.05, 0) is 37.3 Å². The number of hydrogen-bond donors (Lipinski definition) is 0. The Kier molecular flexibility index (Phi) is 4.71. The summed E-state index contributed by atoms with van der Waals surface area (Å²) in [6, 6.07) is 10.0. The van der Waals surface area contributed by atoms with E-state index in [-0.39, 0.29) is 29.1 Å². The fourth-order valence-corrected chi connectivity index (χ4v) is 2.42. The lowest BCUT2D eigenvalue weighted by Gasteiger charge is -2.07. The zero-order chi connectivity index (χ0) is 18.7. The maximum Gasteiger partial charge on any atom is 0.360 e. The number of hydrogen-bond acceptors (Lipinski definition) is 5. The highest BCUT2D eigenvalue weighted by Gasteiger charge is 2.26. The summed E-state index contributed by atoms with van der Waals surface area (Å²) >= 11 is 0. The Bertz CT molecular complexity index is 1010. The van der Waals surface area contributed by atoms with Gasteiger partial charge in [-0.2, -0.15) is 10.4 Å². The van der Waals surface area contributed by atoms with Crippen LogP contribution in [-0.4, -0.2) is 27.3 Å². The largest absolute Gasteiger partial charge is 0.461 e. The van der Waals surface area contributed by atoms with E-state index in [4.69, 9.17) is 4.74 Å². The van der Waals surface area contributed by atoms with Crippen LogP contribution in [0, 0.1) is 23.0 Å². The van der Waals surface area contributed by atoms with E-state index in [1.165, 1.54) is 16.9 Å². The SMILES string of the molecule is CCOC(=O)c1nn(-c2ccccn2)c(-c2ccc(F)c(F)c2)c1C#N. The van der Waals surface area contributed by atoms with E-state index in [0.717, 1.165) is 12.1 Å². The van der Waals surface area contributed by atoms with Gasteiger partial charge in [0.25, 0.3) is 0 Å². The molecule has 0 amide bonds. The fourth-order valence-electron chi connectivity index (χ4n) is 2.42. The van der Waals surface area contributed by atoms with E-state index in [1.807, 2.05) is 6.07 Å². The first-order valence-electron chi connectivity index (χ1n) is 7.63. The second-order valence-corrected chi connectivity index (χ2v) is 5.13. The first-order valence-corrected chi connectivity index (χ1v) is 7.63. The third kappa shape index (κ3) is 3.02. The summed E-state index contributed by atoms with van der Waals surface area (Å²) < 4.78 is 33.2. The molecule has 0 fully saturated rings. The third-order valence-corrected chi connectivity index (χ3v) is 3.53. The standard InChI is InChI=1S/C18H12F2N4O2/c1-2-26-18(25)16-12(10-21)17(11-6-7-13(19)14(20)9-11)24(23-16)15-5-3-4-8-22-15/h3-9H,2H2,1H3. The van der Waals surface area contributed by atoms with E-state index in [0.29, 0.717) is 5.82 Å². The Morgan fingerprint density at radius 2 is 2.08 bits per heavy atom. The first kappa shape index (κ1) is 17.2. The molecule has 2 heterocycles. The van der Waals surface area contributed by atoms with Crippen LogP contribution in [0.5, 0.6) is 0 Å². The average Bonchev–Trinajstić information content (AvgIpc) is 3.04. The summed E-state index contributed by atoms with van der Waals surface area (Å²) in [5.41, 5.74) is -0.0397. The minimum absolute atomic E-state index is 0.0979. The molecule has 0 atom stereocenters. The van der Waals surface area contributed by atoms with Crippen molar-refractivity contribution in [3.63, 3.8) is 0 Å². The molecule has 0 unspecified atom stereocenters. The smallest absolute Gasteiger partial charge is 0.360 e. The number of nitriles is 1. The summed E-state index contributed by atoms with van der Waals surface area (Å²) in [7, 11) is 0. The van der Waals surface area contributed by atoms with Gasteiger partial charge < -0.3 is 4.74 Å². The summed E-state index contributed by atoms with van der Waals surface area (Å²) in [6.45, 7) is 1.72. The number of halogens is 2. The summed E-state index contributed by atoms with van der Waals surface area (Å²) in [4.78, 5) is 16.3. The molecule has 0 aliphatic rings. The molecule has 6 nitrogen and oxygen atoms in total. The number of carbonyl (C=O) groups excluding carboxylic acids is 1. The number of aromatic nitrogens is 3. The van der Waals surface area contributed by atoms with Crippen LogP contribution in [0.2, 0.25) is 0 Å². The second-order valence-electron chi connectivity index (χ2n) is 5.13. The molecule has 0 bridgehead atoms. The van der Waals surface area contributed by atoms with Gasteiger partial charge in [0.05, 0.1) is 12.3 Å². The molecule has 1 aromatic carbocycles. The number of pyridine rings is 1. The summed E-state index contributed by atoms with van der Waals surface area (Å²) in [5, 5.41) is 13.7. The molecular formula is C18H12F2N4O2. The molecule has 2 aromatic heterocycles. The van der Waals surface area contributed by atoms with Crippen LogP contribution >= 0.6 is 0 Å². The zero-order valence-electron chi connectivity index (χ0n) is 13.6. The van der Waals surface area contributed by atoms with Gasteiger partial charge in [-0.1, -0.05) is 6.07 Å². The fraction of sp³-hybridized carbons (Fsp3) is 0.111. The van der Waals surface area contributed by atoms with Gasteiger partial charge in [-0.3, -0.25) is 0 Å². The Balaban J connectivity index is 2.31. The van der Waals surface area contributed by atoms with Gasteiger partial charge in [-0.15, -0.1) is 0 Å². The van der Waals surface area contributed by atoms with Crippen molar-refractivity contribution in [3.05, 3.63) is 65.5 Å². The van der Waals surface area contributed by atoms with E-state index in [2.05, 4.69) is 10.1 Å². The van der Waals surface area contributed by atoms with Crippen molar-refractivity contribution < 1.29 is 18.3 Å². The Morgan fingerprint density at radius 3 is 2.69 bits per heavy atom. The molecular weight excluding hydrogens is 342 g/mol. The van der Waals surface area contributed by atoms with E-state index >= 15 is 0 Å². The predicted molar refractivity (Wildman–Crippen MR) is 87.4 cm³/mol. The zero-order valence-corrected chi connectivity index (χ0v) is 13.6. The summed E-state index contributed by atoms with van der Waals surface area (Å²) in [5.74, 6) is -2.60. The number of carbonyl (C=O) groups is 1. The minimum Gasteiger partial charge on any atom is -0.461 e. The van der Waals surface area contributed by atoms with E-state index < -0.39 is 17.6 Å². The van der Waals surface area contributed by atoms with Crippen molar-refractivity contribution in [1.29, 1.82) is 5.26 Å². The van der Waals surface area contributed by atoms with Gasteiger partial charge in [0.2, 0.25) is 0 Å². The monoisotopic (exact) mass is 354 g/mol. The molecule has 8 heteroatoms. The van der Waals surface area contributed by atoms with Crippen molar-refractivity contribution in [1.82, 2.24) is 14.8 Å². The molecule has 3 rings (SSSR count). The second kappa shape index (κ2) is 7.11. The topological polar surface area (TPSA) is 80.8 Å². The third-order valence-electron chi connectivity index (χ3n) is 3.53. The lowest BCUT2D eigenvalue weighted by atomic mass is 10.1. The van der Waals surface area contributed by atoms with Crippen molar-refractivity contribution >= 4 is 5.97 Å². The van der Waals surface area contributed by atoms with Crippen LogP contribution in [0.1, 0.15) is 23.0 Å². The molecule has 0 radical (unpaired) electrons. The molecule has 0 aliphatic heterocycles. The lowest BCUT2D eigenvalue weighted by molar-refractivity contribution is 0.0518. The predicted octanol–water partition coefficient (Wildman–Crippen LogP) is 3.26. The van der Waals surface area contributed by atoms with Gasteiger partial charge >= 0.3 is 5.97 Å². The van der Waals surface area contributed by atoms with Gasteiger partial charge in [0.1, 0.15) is 11.6 Å². The average molecular weight is 354 g/mol. The highest BCUT2D eigenvalue weighted by atomic mass is 19.2. The van der Waals surface area contributed by atoms with E-state index in [9.17, 15) is 18.8 Å². The Morgan fingerprint density at radius 1 is 1.27 bits per heavy atom. The first-order chi connectivity index (χ1) is 12.6. The maximum absolute atomic E-state index is 13.7. The molecule has 26 heavy (non-hydrogen) atoms. The van der Waals surface area contributed by atoms with Crippen LogP contribution in [0.3, 0.4) is 0 Å². The molecule has 0 N–H and O–H groups in total. The van der Waals surface area contributed by atoms with Crippen LogP contribution in [0.25, 0.3) is 17.1 Å². The maximum atomic E-state index is 13.7. The molecule has 0 aliphatic carbocycles. The summed E-state index contributed by atoms with van der Waals surface area (Å²) in [6.07, 6.45) is 1.50. The quantitative estimate of drug-likeness (QED) is 0.672. The van der Waals surface area contributed by atoms with Crippen LogP contribution in [0.15, 0.2) is 42.6 Å². The number of rotatable bonds is 4. The number of nitrogens with zero attached hydrogens (tertiary/aromatic N) is 4. The molecule has 0 saturated carbocycles. The Hall–Kier alpha value is -3.60. The van der Waals surface area contributed by atoms with Crippen molar-refractivity contribution in [2.45, 2.75) is 6.92 Å². The van der Waals surface area contributed by atoms with Crippen molar-refractivity contribution in [3.8, 4) is 23.1 Å².